The van der Waals surface area contributed by atoms with E-state index in [2.05, 4.69) is 25.3 Å². The molecule has 0 aliphatic carbocycles. The van der Waals surface area contributed by atoms with E-state index in [1.54, 1.807) is 16.7 Å². The predicted octanol–water partition coefficient (Wildman–Crippen LogP) is 4.30. The Morgan fingerprint density at radius 2 is 2.05 bits per heavy atom. The number of cyclic esters (lactones) is 1. The van der Waals surface area contributed by atoms with E-state index in [0.29, 0.717) is 19.6 Å². The predicted molar refractivity (Wildman–Crippen MR) is 88.9 cm³/mol. The van der Waals surface area contributed by atoms with Gasteiger partial charge in [-0.15, -0.1) is 24.9 Å². The Morgan fingerprint density at radius 3 is 2.62 bits per heavy atom. The fourth-order valence-electron chi connectivity index (χ4n) is 2.16. The summed E-state index contributed by atoms with van der Waals surface area (Å²) in [6.45, 7) is 8.62. The fraction of sp³-hybridized carbons (Fsp3) is 0.235. The van der Waals surface area contributed by atoms with Crippen LogP contribution in [0.1, 0.15) is 12.0 Å². The number of carbonyl (C=O) groups excluding carboxylic acids is 1. The second kappa shape index (κ2) is 7.74. The molecule has 0 atom stereocenters. The Morgan fingerprint density at radius 1 is 1.29 bits per heavy atom. The summed E-state index contributed by atoms with van der Waals surface area (Å²) in [5.74, 6) is 0.743. The van der Waals surface area contributed by atoms with E-state index in [0.717, 1.165) is 21.9 Å². The van der Waals surface area contributed by atoms with E-state index in [1.165, 1.54) is 0 Å². The SMILES string of the molecule is C=CCS/C(=C(\CC=C)c1ccccc1)N1CCOC1=O. The summed E-state index contributed by atoms with van der Waals surface area (Å²) in [6, 6.07) is 10.1. The lowest BCUT2D eigenvalue weighted by Crippen LogP contribution is -2.23. The molecule has 1 fully saturated rings. The molecule has 1 aliphatic rings. The number of nitrogens with zero attached hydrogens (tertiary/aromatic N) is 1. The molecule has 1 amide bonds. The zero-order chi connectivity index (χ0) is 15.1. The van der Waals surface area contributed by atoms with E-state index in [-0.39, 0.29) is 6.09 Å². The van der Waals surface area contributed by atoms with Gasteiger partial charge < -0.3 is 4.74 Å². The minimum atomic E-state index is -0.279. The van der Waals surface area contributed by atoms with Gasteiger partial charge in [0.15, 0.2) is 0 Å². The lowest BCUT2D eigenvalue weighted by Gasteiger charge is -2.21. The third-order valence-electron chi connectivity index (χ3n) is 3.07. The first-order valence-electron chi connectivity index (χ1n) is 6.85. The molecular formula is C17H19NO2S. The Balaban J connectivity index is 2.46. The summed E-state index contributed by atoms with van der Waals surface area (Å²) in [6.07, 6.45) is 4.12. The van der Waals surface area contributed by atoms with Gasteiger partial charge in [0.1, 0.15) is 6.61 Å². The largest absolute Gasteiger partial charge is 0.447 e. The Kier molecular flexibility index (Phi) is 5.69. The highest BCUT2D eigenvalue weighted by atomic mass is 32.2. The molecule has 1 aliphatic heterocycles. The van der Waals surface area contributed by atoms with Crippen LogP contribution in [0.2, 0.25) is 0 Å². The molecule has 0 spiro atoms. The van der Waals surface area contributed by atoms with Crippen molar-refractivity contribution in [2.24, 2.45) is 0 Å². The second-order valence-corrected chi connectivity index (χ2v) is 5.52. The van der Waals surface area contributed by atoms with E-state index in [4.69, 9.17) is 4.74 Å². The molecule has 0 bridgehead atoms. The van der Waals surface area contributed by atoms with Crippen LogP contribution in [-0.4, -0.2) is 29.9 Å². The van der Waals surface area contributed by atoms with Crippen LogP contribution >= 0.6 is 11.8 Å². The third kappa shape index (κ3) is 3.79. The second-order valence-electron chi connectivity index (χ2n) is 4.51. The Bertz CT molecular complexity index is 551. The summed E-state index contributed by atoms with van der Waals surface area (Å²) >= 11 is 1.60. The van der Waals surface area contributed by atoms with Crippen LogP contribution in [0.15, 0.2) is 60.7 Å². The highest BCUT2D eigenvalue weighted by molar-refractivity contribution is 8.03. The molecule has 110 valence electrons. The zero-order valence-electron chi connectivity index (χ0n) is 12.0. The molecular weight excluding hydrogens is 282 g/mol. The lowest BCUT2D eigenvalue weighted by molar-refractivity contribution is 0.165. The number of carbonyl (C=O) groups is 1. The van der Waals surface area contributed by atoms with Crippen molar-refractivity contribution in [1.29, 1.82) is 0 Å². The monoisotopic (exact) mass is 301 g/mol. The maximum Gasteiger partial charge on any atom is 0.414 e. The van der Waals surface area contributed by atoms with Crippen molar-refractivity contribution in [1.82, 2.24) is 4.90 Å². The molecule has 4 heteroatoms. The van der Waals surface area contributed by atoms with Crippen LogP contribution in [-0.2, 0) is 4.74 Å². The van der Waals surface area contributed by atoms with Crippen LogP contribution in [0.3, 0.4) is 0 Å². The van der Waals surface area contributed by atoms with Crippen LogP contribution in [0.5, 0.6) is 0 Å². The quantitative estimate of drug-likeness (QED) is 0.703. The van der Waals surface area contributed by atoms with Gasteiger partial charge in [-0.05, 0) is 17.6 Å². The number of ether oxygens (including phenoxy) is 1. The van der Waals surface area contributed by atoms with E-state index in [1.807, 2.05) is 30.4 Å². The highest BCUT2D eigenvalue weighted by Crippen LogP contribution is 2.34. The molecule has 21 heavy (non-hydrogen) atoms. The number of benzene rings is 1. The lowest BCUT2D eigenvalue weighted by atomic mass is 10.0. The first kappa shape index (κ1) is 15.4. The first-order valence-corrected chi connectivity index (χ1v) is 7.84. The summed E-state index contributed by atoms with van der Waals surface area (Å²) in [4.78, 5) is 13.6. The number of thioether (sulfide) groups is 1. The molecule has 0 N–H and O–H groups in total. The van der Waals surface area contributed by atoms with Crippen LogP contribution < -0.4 is 0 Å². The molecule has 1 aromatic carbocycles. The minimum absolute atomic E-state index is 0.279. The van der Waals surface area contributed by atoms with Gasteiger partial charge in [0.05, 0.1) is 11.6 Å². The summed E-state index contributed by atoms with van der Waals surface area (Å²) in [5.41, 5.74) is 2.19. The van der Waals surface area contributed by atoms with Crippen molar-refractivity contribution in [2.45, 2.75) is 6.42 Å². The number of amides is 1. The van der Waals surface area contributed by atoms with Gasteiger partial charge in [0, 0.05) is 5.75 Å². The normalized spacial score (nSPS) is 15.4. The minimum Gasteiger partial charge on any atom is -0.447 e. The van der Waals surface area contributed by atoms with E-state index in [9.17, 15) is 4.79 Å². The van der Waals surface area contributed by atoms with Crippen molar-refractivity contribution in [2.75, 3.05) is 18.9 Å². The molecule has 1 saturated heterocycles. The highest BCUT2D eigenvalue weighted by Gasteiger charge is 2.28. The molecule has 0 saturated carbocycles. The molecule has 1 aromatic rings. The van der Waals surface area contributed by atoms with Gasteiger partial charge in [0.2, 0.25) is 0 Å². The summed E-state index contributed by atoms with van der Waals surface area (Å²) in [5, 5.41) is 0.934. The van der Waals surface area contributed by atoms with Gasteiger partial charge >= 0.3 is 6.09 Å². The molecule has 1 heterocycles. The van der Waals surface area contributed by atoms with Crippen LogP contribution in [0.4, 0.5) is 4.79 Å². The van der Waals surface area contributed by atoms with Crippen LogP contribution in [0, 0.1) is 0 Å². The third-order valence-corrected chi connectivity index (χ3v) is 4.22. The van der Waals surface area contributed by atoms with Gasteiger partial charge in [-0.2, -0.15) is 0 Å². The average molecular weight is 301 g/mol. The van der Waals surface area contributed by atoms with Crippen molar-refractivity contribution in [3.8, 4) is 0 Å². The van der Waals surface area contributed by atoms with Crippen LogP contribution in [0.25, 0.3) is 5.57 Å². The number of rotatable bonds is 7. The standard InChI is InChI=1S/C17H19NO2S/c1-3-8-15(14-9-6-5-7-10-14)16(21-13-4-2)18-11-12-20-17(18)19/h3-7,9-10H,1-2,8,11-13H2/b16-15+. The molecule has 2 rings (SSSR count). The maximum atomic E-state index is 11.9. The van der Waals surface area contributed by atoms with Crippen molar-refractivity contribution in [3.63, 3.8) is 0 Å². The summed E-state index contributed by atoms with van der Waals surface area (Å²) < 4.78 is 5.08. The molecule has 3 nitrogen and oxygen atoms in total. The van der Waals surface area contributed by atoms with Gasteiger partial charge in [-0.25, -0.2) is 4.79 Å². The van der Waals surface area contributed by atoms with Gasteiger partial charge in [-0.1, -0.05) is 42.5 Å². The fourth-order valence-corrected chi connectivity index (χ4v) is 3.13. The Hall–Kier alpha value is -1.94. The van der Waals surface area contributed by atoms with E-state index < -0.39 is 0 Å². The zero-order valence-corrected chi connectivity index (χ0v) is 12.8. The number of allylic oxidation sites excluding steroid dienone is 2. The maximum absolute atomic E-state index is 11.9. The van der Waals surface area contributed by atoms with Crippen molar-refractivity contribution in [3.05, 3.63) is 66.2 Å². The topological polar surface area (TPSA) is 29.5 Å². The first-order chi connectivity index (χ1) is 10.3. The number of hydrogen-bond acceptors (Lipinski definition) is 3. The molecule has 0 aromatic heterocycles. The summed E-state index contributed by atoms with van der Waals surface area (Å²) in [7, 11) is 0. The number of hydrogen-bond donors (Lipinski definition) is 0. The molecule has 0 radical (unpaired) electrons. The molecule has 0 unspecified atom stereocenters. The average Bonchev–Trinajstić information content (AvgIpc) is 2.93. The Labute approximate surface area is 130 Å². The van der Waals surface area contributed by atoms with Gasteiger partial charge in [-0.3, -0.25) is 4.90 Å². The van der Waals surface area contributed by atoms with Crippen molar-refractivity contribution < 1.29 is 9.53 Å². The van der Waals surface area contributed by atoms with Gasteiger partial charge in [0.25, 0.3) is 0 Å². The van der Waals surface area contributed by atoms with E-state index >= 15 is 0 Å². The smallest absolute Gasteiger partial charge is 0.414 e. The van der Waals surface area contributed by atoms with Crippen molar-refractivity contribution >= 4 is 23.4 Å².